The molecule has 1 fully saturated rings. The first kappa shape index (κ1) is 20.1. The highest BCUT2D eigenvalue weighted by Crippen LogP contribution is 2.38. The van der Waals surface area contributed by atoms with Crippen molar-refractivity contribution in [1.29, 1.82) is 0 Å². The van der Waals surface area contributed by atoms with Gasteiger partial charge in [-0.15, -0.1) is 0 Å². The lowest BCUT2D eigenvalue weighted by Gasteiger charge is -2.34. The monoisotopic (exact) mass is 393 g/mol. The zero-order valence-electron chi connectivity index (χ0n) is 16.8. The summed E-state index contributed by atoms with van der Waals surface area (Å²) in [6.45, 7) is 11.2. The van der Waals surface area contributed by atoms with E-state index < -0.39 is 10.0 Å². The van der Waals surface area contributed by atoms with Gasteiger partial charge < -0.3 is 10.6 Å². The predicted octanol–water partition coefficient (Wildman–Crippen LogP) is 2.78. The van der Waals surface area contributed by atoms with Crippen LogP contribution >= 0.6 is 0 Å². The van der Waals surface area contributed by atoms with Crippen LogP contribution in [-0.4, -0.2) is 43.8 Å². The highest BCUT2D eigenvalue weighted by atomic mass is 32.2. The van der Waals surface area contributed by atoms with Crippen LogP contribution in [0.5, 0.6) is 0 Å². The molecule has 3 rings (SSSR count). The third kappa shape index (κ3) is 3.99. The molecule has 1 amide bonds. The third-order valence-corrected chi connectivity index (χ3v) is 7.34. The Morgan fingerprint density at radius 1 is 1.19 bits per heavy atom. The van der Waals surface area contributed by atoms with Crippen molar-refractivity contribution in [2.75, 3.05) is 18.4 Å². The van der Waals surface area contributed by atoms with E-state index in [0.717, 1.165) is 17.7 Å². The van der Waals surface area contributed by atoms with Crippen LogP contribution in [0.4, 0.5) is 5.69 Å². The lowest BCUT2D eigenvalue weighted by molar-refractivity contribution is -0.122. The van der Waals surface area contributed by atoms with E-state index >= 15 is 0 Å². The van der Waals surface area contributed by atoms with E-state index in [1.54, 1.807) is 22.5 Å². The Labute approximate surface area is 162 Å². The molecule has 2 N–H and O–H groups in total. The largest absolute Gasteiger partial charge is 0.373 e. The van der Waals surface area contributed by atoms with Crippen LogP contribution in [-0.2, 0) is 14.8 Å². The first-order valence-electron chi connectivity index (χ1n) is 9.80. The van der Waals surface area contributed by atoms with E-state index in [2.05, 4.69) is 24.5 Å². The molecule has 0 radical (unpaired) electrons. The summed E-state index contributed by atoms with van der Waals surface area (Å²) in [5.41, 5.74) is 1.73. The standard InChI is InChI=1S/C20H31N3O3S/c1-12(2)21-20(24)19-15(5)17-9-16(6-7-18(17)22-19)27(25,26)23-10-13(3)8-14(4)11-23/h6-7,9,12-15,19,22H,8,10-11H2,1-5H3,(H,21,24). The number of piperidine rings is 1. The molecule has 2 heterocycles. The second-order valence-corrected chi connectivity index (χ2v) is 10.5. The molecular weight excluding hydrogens is 362 g/mol. The summed E-state index contributed by atoms with van der Waals surface area (Å²) in [4.78, 5) is 12.8. The number of sulfonamides is 1. The highest BCUT2D eigenvalue weighted by Gasteiger charge is 2.37. The minimum atomic E-state index is -3.52. The van der Waals surface area contributed by atoms with E-state index in [0.29, 0.717) is 29.8 Å². The van der Waals surface area contributed by atoms with Gasteiger partial charge in [0.1, 0.15) is 6.04 Å². The van der Waals surface area contributed by atoms with E-state index in [1.165, 1.54) is 0 Å². The highest BCUT2D eigenvalue weighted by molar-refractivity contribution is 7.89. The van der Waals surface area contributed by atoms with Crippen LogP contribution in [0, 0.1) is 11.8 Å². The molecule has 0 aromatic heterocycles. The van der Waals surface area contributed by atoms with Gasteiger partial charge in [-0.3, -0.25) is 4.79 Å². The summed E-state index contributed by atoms with van der Waals surface area (Å²) in [7, 11) is -3.52. The number of nitrogens with one attached hydrogen (secondary N) is 2. The molecule has 1 aromatic carbocycles. The number of nitrogens with zero attached hydrogens (tertiary/aromatic N) is 1. The van der Waals surface area contributed by atoms with Gasteiger partial charge in [-0.05, 0) is 55.9 Å². The van der Waals surface area contributed by atoms with Crippen LogP contribution in [0.2, 0.25) is 0 Å². The number of hydrogen-bond acceptors (Lipinski definition) is 4. The van der Waals surface area contributed by atoms with Crippen LogP contribution in [0.15, 0.2) is 23.1 Å². The fraction of sp³-hybridized carbons (Fsp3) is 0.650. The number of rotatable bonds is 4. The molecule has 150 valence electrons. The molecule has 0 aliphatic carbocycles. The molecule has 4 unspecified atom stereocenters. The molecular formula is C20H31N3O3S. The third-order valence-electron chi connectivity index (χ3n) is 5.51. The van der Waals surface area contributed by atoms with Crippen molar-refractivity contribution in [2.45, 2.75) is 63.9 Å². The average Bonchev–Trinajstić information content (AvgIpc) is 2.90. The summed E-state index contributed by atoms with van der Waals surface area (Å²) in [5, 5.41) is 6.17. The van der Waals surface area contributed by atoms with Gasteiger partial charge in [0, 0.05) is 30.7 Å². The van der Waals surface area contributed by atoms with Gasteiger partial charge in [0.2, 0.25) is 15.9 Å². The Balaban J connectivity index is 1.85. The van der Waals surface area contributed by atoms with Crippen molar-refractivity contribution in [3.05, 3.63) is 23.8 Å². The molecule has 2 aliphatic rings. The number of carbonyl (C=O) groups is 1. The molecule has 1 aromatic rings. The van der Waals surface area contributed by atoms with E-state index in [4.69, 9.17) is 0 Å². The maximum atomic E-state index is 13.2. The quantitative estimate of drug-likeness (QED) is 0.824. The fourth-order valence-electron chi connectivity index (χ4n) is 4.30. The minimum absolute atomic E-state index is 0.0585. The Morgan fingerprint density at radius 3 is 2.41 bits per heavy atom. The van der Waals surface area contributed by atoms with Gasteiger partial charge in [0.05, 0.1) is 4.90 Å². The van der Waals surface area contributed by atoms with Crippen molar-refractivity contribution < 1.29 is 13.2 Å². The van der Waals surface area contributed by atoms with E-state index in [1.807, 2.05) is 20.8 Å². The van der Waals surface area contributed by atoms with Gasteiger partial charge in [-0.1, -0.05) is 20.8 Å². The molecule has 2 aliphatic heterocycles. The summed E-state index contributed by atoms with van der Waals surface area (Å²) < 4.78 is 28.0. The SMILES string of the molecule is CC1CC(C)CN(S(=O)(=O)c2ccc3c(c2)C(C)C(C(=O)NC(C)C)N3)C1. The van der Waals surface area contributed by atoms with Crippen molar-refractivity contribution in [3.8, 4) is 0 Å². The zero-order valence-corrected chi connectivity index (χ0v) is 17.6. The molecule has 0 spiro atoms. The summed E-state index contributed by atoms with van der Waals surface area (Å²) >= 11 is 0. The average molecular weight is 394 g/mol. The Kier molecular flexibility index (Phi) is 5.54. The predicted molar refractivity (Wildman–Crippen MR) is 107 cm³/mol. The van der Waals surface area contributed by atoms with E-state index in [9.17, 15) is 13.2 Å². The van der Waals surface area contributed by atoms with Crippen molar-refractivity contribution in [1.82, 2.24) is 9.62 Å². The lowest BCUT2D eigenvalue weighted by Crippen LogP contribution is -2.42. The smallest absolute Gasteiger partial charge is 0.243 e. The number of amides is 1. The van der Waals surface area contributed by atoms with Crippen molar-refractivity contribution in [3.63, 3.8) is 0 Å². The lowest BCUT2D eigenvalue weighted by atomic mass is 9.94. The van der Waals surface area contributed by atoms with Crippen molar-refractivity contribution in [2.24, 2.45) is 11.8 Å². The van der Waals surface area contributed by atoms with Crippen LogP contribution in [0.1, 0.15) is 52.5 Å². The van der Waals surface area contributed by atoms with Gasteiger partial charge in [-0.25, -0.2) is 8.42 Å². The summed E-state index contributed by atoms with van der Waals surface area (Å²) in [6, 6.07) is 4.87. The molecule has 1 saturated heterocycles. The molecule has 4 atom stereocenters. The Hall–Kier alpha value is -1.60. The Bertz CT molecular complexity index is 812. The first-order chi connectivity index (χ1) is 12.6. The fourth-order valence-corrected chi connectivity index (χ4v) is 6.02. The summed E-state index contributed by atoms with van der Waals surface area (Å²) in [6.07, 6.45) is 1.06. The molecule has 0 bridgehead atoms. The molecule has 7 heteroatoms. The summed E-state index contributed by atoms with van der Waals surface area (Å²) in [5.74, 6) is 0.579. The topological polar surface area (TPSA) is 78.5 Å². The second kappa shape index (κ2) is 7.43. The maximum Gasteiger partial charge on any atom is 0.243 e. The van der Waals surface area contributed by atoms with Crippen molar-refractivity contribution >= 4 is 21.6 Å². The van der Waals surface area contributed by atoms with Crippen LogP contribution < -0.4 is 10.6 Å². The van der Waals surface area contributed by atoms with Gasteiger partial charge >= 0.3 is 0 Å². The minimum Gasteiger partial charge on any atom is -0.373 e. The maximum absolute atomic E-state index is 13.2. The molecule has 6 nitrogen and oxygen atoms in total. The Morgan fingerprint density at radius 2 is 1.81 bits per heavy atom. The molecule has 27 heavy (non-hydrogen) atoms. The second-order valence-electron chi connectivity index (χ2n) is 8.59. The van der Waals surface area contributed by atoms with E-state index in [-0.39, 0.29) is 23.9 Å². The van der Waals surface area contributed by atoms with Gasteiger partial charge in [0.25, 0.3) is 0 Å². The molecule has 0 saturated carbocycles. The van der Waals surface area contributed by atoms with Gasteiger partial charge in [0.15, 0.2) is 0 Å². The number of carbonyl (C=O) groups excluding carboxylic acids is 1. The van der Waals surface area contributed by atoms with Gasteiger partial charge in [-0.2, -0.15) is 4.31 Å². The number of hydrogen-bond donors (Lipinski definition) is 2. The van der Waals surface area contributed by atoms with Crippen LogP contribution in [0.3, 0.4) is 0 Å². The number of fused-ring (bicyclic) bond motifs is 1. The number of benzene rings is 1. The normalized spacial score (nSPS) is 28.7. The zero-order chi connectivity index (χ0) is 19.9. The first-order valence-corrected chi connectivity index (χ1v) is 11.2. The number of anilines is 1. The van der Waals surface area contributed by atoms with Crippen LogP contribution in [0.25, 0.3) is 0 Å².